The van der Waals surface area contributed by atoms with Crippen LogP contribution in [0.4, 0.5) is 0 Å². The second-order valence-electron chi connectivity index (χ2n) is 4.55. The molecule has 3 rings (SSSR count). The normalized spacial score (nSPS) is 38.3. The molecule has 1 unspecified atom stereocenters. The van der Waals surface area contributed by atoms with E-state index >= 15 is 0 Å². The van der Waals surface area contributed by atoms with Gasteiger partial charge in [0.05, 0.1) is 0 Å². The van der Waals surface area contributed by atoms with Crippen LogP contribution in [0.3, 0.4) is 0 Å². The fourth-order valence-corrected chi connectivity index (χ4v) is 2.26. The molecular weight excluding hydrogens is 244 g/mol. The van der Waals surface area contributed by atoms with Gasteiger partial charge in [0.2, 0.25) is 5.79 Å². The van der Waals surface area contributed by atoms with Crippen molar-refractivity contribution in [1.29, 1.82) is 0 Å². The van der Waals surface area contributed by atoms with Crippen LogP contribution in [0.5, 0.6) is 0 Å². The number of fused-ring (bicyclic) bond motifs is 1. The van der Waals surface area contributed by atoms with Crippen LogP contribution >= 0.6 is 0 Å². The molecule has 1 aromatic heterocycles. The highest BCUT2D eigenvalue weighted by Crippen LogP contribution is 2.46. The molecule has 2 fully saturated rings. The Kier molecular flexibility index (Phi) is 2.26. The topological polar surface area (TPSA) is 114 Å². The minimum atomic E-state index is -1.56. The van der Waals surface area contributed by atoms with E-state index in [0.717, 1.165) is 0 Å². The third-order valence-electron chi connectivity index (χ3n) is 3.26. The van der Waals surface area contributed by atoms with E-state index in [1.807, 2.05) is 0 Å². The summed E-state index contributed by atoms with van der Waals surface area (Å²) in [6.45, 7) is 1.55. The Labute approximate surface area is 100 Å². The first-order chi connectivity index (χ1) is 8.40. The SMILES string of the molecule is Cc1cn([C@@H]2C[C@]3(O)OC(O)[C@H]3O2)c(=O)[nH]c1=O. The summed E-state index contributed by atoms with van der Waals surface area (Å²) in [5.41, 5.74) is -0.742. The van der Waals surface area contributed by atoms with Crippen LogP contribution in [0.2, 0.25) is 0 Å². The van der Waals surface area contributed by atoms with Crippen molar-refractivity contribution in [3.8, 4) is 0 Å². The average Bonchev–Trinajstić information content (AvgIpc) is 2.55. The van der Waals surface area contributed by atoms with Crippen molar-refractivity contribution in [2.75, 3.05) is 0 Å². The molecule has 0 spiro atoms. The maximum atomic E-state index is 11.6. The highest BCUT2D eigenvalue weighted by atomic mass is 16.8. The van der Waals surface area contributed by atoms with E-state index in [-0.39, 0.29) is 6.42 Å². The first kappa shape index (κ1) is 11.6. The molecule has 0 saturated carbocycles. The Morgan fingerprint density at radius 1 is 1.56 bits per heavy atom. The lowest BCUT2D eigenvalue weighted by Crippen LogP contribution is -2.61. The zero-order valence-corrected chi connectivity index (χ0v) is 9.49. The van der Waals surface area contributed by atoms with E-state index in [2.05, 4.69) is 4.98 Å². The average molecular weight is 256 g/mol. The second-order valence-corrected chi connectivity index (χ2v) is 4.55. The van der Waals surface area contributed by atoms with E-state index in [1.54, 1.807) is 6.92 Å². The molecule has 3 heterocycles. The zero-order chi connectivity index (χ0) is 13.1. The van der Waals surface area contributed by atoms with Crippen molar-refractivity contribution in [2.24, 2.45) is 0 Å². The van der Waals surface area contributed by atoms with Gasteiger partial charge in [0.25, 0.3) is 5.56 Å². The first-order valence-corrected chi connectivity index (χ1v) is 5.46. The van der Waals surface area contributed by atoms with Crippen LogP contribution in [-0.2, 0) is 9.47 Å². The number of nitrogens with zero attached hydrogens (tertiary/aromatic N) is 1. The van der Waals surface area contributed by atoms with Gasteiger partial charge in [-0.05, 0) is 6.92 Å². The molecule has 0 bridgehead atoms. The van der Waals surface area contributed by atoms with Crippen LogP contribution in [-0.4, -0.2) is 37.9 Å². The number of rotatable bonds is 1. The summed E-state index contributed by atoms with van der Waals surface area (Å²) in [5.74, 6) is -1.56. The molecule has 0 aromatic carbocycles. The Hall–Kier alpha value is -1.48. The van der Waals surface area contributed by atoms with Gasteiger partial charge >= 0.3 is 5.69 Å². The van der Waals surface area contributed by atoms with Gasteiger partial charge < -0.3 is 19.7 Å². The number of aromatic amines is 1. The van der Waals surface area contributed by atoms with Crippen LogP contribution in [0, 0.1) is 6.92 Å². The van der Waals surface area contributed by atoms with E-state index in [4.69, 9.17) is 9.47 Å². The summed E-state index contributed by atoms with van der Waals surface area (Å²) in [7, 11) is 0. The van der Waals surface area contributed by atoms with Crippen molar-refractivity contribution in [1.82, 2.24) is 9.55 Å². The fraction of sp³-hybridized carbons (Fsp3) is 0.600. The van der Waals surface area contributed by atoms with Crippen molar-refractivity contribution in [3.05, 3.63) is 32.6 Å². The van der Waals surface area contributed by atoms with Gasteiger partial charge in [0.15, 0.2) is 12.4 Å². The Morgan fingerprint density at radius 2 is 2.28 bits per heavy atom. The van der Waals surface area contributed by atoms with Gasteiger partial charge in [0, 0.05) is 18.2 Å². The number of aromatic nitrogens is 2. The van der Waals surface area contributed by atoms with Crippen molar-refractivity contribution in [3.63, 3.8) is 0 Å². The van der Waals surface area contributed by atoms with Crippen LogP contribution < -0.4 is 11.2 Å². The molecule has 8 heteroatoms. The largest absolute Gasteiger partial charge is 0.366 e. The summed E-state index contributed by atoms with van der Waals surface area (Å²) < 4.78 is 11.3. The number of hydrogen-bond acceptors (Lipinski definition) is 6. The number of H-pyrrole nitrogens is 1. The molecular formula is C10H12N2O6. The Morgan fingerprint density at radius 3 is 2.89 bits per heavy atom. The Bertz CT molecular complexity index is 607. The van der Waals surface area contributed by atoms with Gasteiger partial charge in [-0.3, -0.25) is 14.3 Å². The number of aryl methyl sites for hydroxylation is 1. The predicted octanol–water partition coefficient (Wildman–Crippen LogP) is -1.83. The molecule has 4 atom stereocenters. The Balaban J connectivity index is 1.96. The van der Waals surface area contributed by atoms with E-state index in [9.17, 15) is 19.8 Å². The van der Waals surface area contributed by atoms with E-state index < -0.39 is 35.7 Å². The summed E-state index contributed by atoms with van der Waals surface area (Å²) >= 11 is 0. The molecule has 3 N–H and O–H groups in total. The minimum Gasteiger partial charge on any atom is -0.366 e. The second kappa shape index (κ2) is 3.51. The highest BCUT2D eigenvalue weighted by Gasteiger charge is 2.62. The van der Waals surface area contributed by atoms with Gasteiger partial charge in [0.1, 0.15) is 6.23 Å². The summed E-state index contributed by atoms with van der Waals surface area (Å²) in [4.78, 5) is 25.0. The molecule has 0 radical (unpaired) electrons. The lowest BCUT2D eigenvalue weighted by Gasteiger charge is -2.42. The molecule has 0 amide bonds. The fourth-order valence-electron chi connectivity index (χ4n) is 2.26. The van der Waals surface area contributed by atoms with Gasteiger partial charge in [-0.15, -0.1) is 0 Å². The maximum Gasteiger partial charge on any atom is 0.330 e. The third-order valence-corrected chi connectivity index (χ3v) is 3.26. The summed E-state index contributed by atoms with van der Waals surface area (Å²) in [5, 5.41) is 19.1. The molecule has 18 heavy (non-hydrogen) atoms. The van der Waals surface area contributed by atoms with Gasteiger partial charge in [-0.2, -0.15) is 0 Å². The number of hydrogen-bond donors (Lipinski definition) is 3. The summed E-state index contributed by atoms with van der Waals surface area (Å²) in [6.07, 6.45) is -1.48. The van der Waals surface area contributed by atoms with Crippen molar-refractivity contribution >= 4 is 0 Å². The van der Waals surface area contributed by atoms with E-state index in [0.29, 0.717) is 5.56 Å². The van der Waals surface area contributed by atoms with Crippen LogP contribution in [0.1, 0.15) is 18.2 Å². The number of nitrogens with one attached hydrogen (secondary N) is 1. The molecule has 2 aliphatic rings. The molecule has 8 nitrogen and oxygen atoms in total. The lowest BCUT2D eigenvalue weighted by atomic mass is 10.0. The number of aliphatic hydroxyl groups excluding tert-OH is 1. The van der Waals surface area contributed by atoms with Crippen LogP contribution in [0.15, 0.2) is 15.8 Å². The quantitative estimate of drug-likeness (QED) is 0.544. The maximum absolute atomic E-state index is 11.6. The molecule has 1 aromatic rings. The molecule has 0 aliphatic carbocycles. The summed E-state index contributed by atoms with van der Waals surface area (Å²) in [6, 6.07) is 0. The number of aliphatic hydroxyl groups is 2. The number of ether oxygens (including phenoxy) is 2. The highest BCUT2D eigenvalue weighted by molar-refractivity contribution is 5.04. The molecule has 2 aliphatic heterocycles. The molecule has 98 valence electrons. The van der Waals surface area contributed by atoms with E-state index in [1.165, 1.54) is 10.8 Å². The molecule has 2 saturated heterocycles. The van der Waals surface area contributed by atoms with Crippen molar-refractivity contribution in [2.45, 2.75) is 37.8 Å². The lowest BCUT2D eigenvalue weighted by molar-refractivity contribution is -0.412. The van der Waals surface area contributed by atoms with Gasteiger partial charge in [-0.1, -0.05) is 0 Å². The first-order valence-electron chi connectivity index (χ1n) is 5.46. The van der Waals surface area contributed by atoms with Crippen molar-refractivity contribution < 1.29 is 19.7 Å². The predicted molar refractivity (Wildman–Crippen MR) is 56.6 cm³/mol. The van der Waals surface area contributed by atoms with Crippen LogP contribution in [0.25, 0.3) is 0 Å². The minimum absolute atomic E-state index is 0.0140. The zero-order valence-electron chi connectivity index (χ0n) is 9.49. The standard InChI is InChI=1S/C10H12N2O6/c1-4-3-12(9(15)11-7(4)13)5-2-10(16)6(17-5)8(14)18-10/h3,5-6,8,14,16H,2H2,1H3,(H,11,13,15)/t5-,6+,8?,10-/m0/s1. The smallest absolute Gasteiger partial charge is 0.330 e. The van der Waals surface area contributed by atoms with Gasteiger partial charge in [-0.25, -0.2) is 4.79 Å². The monoisotopic (exact) mass is 256 g/mol. The third kappa shape index (κ3) is 1.47.